The van der Waals surface area contributed by atoms with Crippen LogP contribution in [0.25, 0.3) is 11.3 Å². The first-order chi connectivity index (χ1) is 14.8. The lowest BCUT2D eigenvalue weighted by Gasteiger charge is -2.14. The van der Waals surface area contributed by atoms with E-state index in [-0.39, 0.29) is 11.9 Å². The zero-order valence-electron chi connectivity index (χ0n) is 18.9. The number of nitrogens with one attached hydrogen (secondary N) is 1. The highest BCUT2D eigenvalue weighted by Crippen LogP contribution is 2.27. The summed E-state index contributed by atoms with van der Waals surface area (Å²) in [6, 6.07) is 15.9. The molecule has 162 valence electrons. The molecule has 0 spiro atoms. The summed E-state index contributed by atoms with van der Waals surface area (Å²) < 4.78 is 7.26. The van der Waals surface area contributed by atoms with Crippen molar-refractivity contribution in [3.63, 3.8) is 0 Å². The number of nitrogens with zero attached hydrogens (tertiary/aromatic N) is 1. The number of aromatic nitrogens is 1. The normalized spacial score (nSPS) is 10.7. The number of carbonyl (C=O) groups is 2. The molecule has 2 aromatic carbocycles. The summed E-state index contributed by atoms with van der Waals surface area (Å²) in [6.45, 7) is 10.5. The molecule has 1 heterocycles. The second-order valence-corrected chi connectivity index (χ2v) is 7.81. The fourth-order valence-corrected chi connectivity index (χ4v) is 3.62. The average molecular weight is 419 g/mol. The van der Waals surface area contributed by atoms with E-state index in [4.69, 9.17) is 4.74 Å². The van der Waals surface area contributed by atoms with E-state index in [1.807, 2.05) is 80.8 Å². The van der Waals surface area contributed by atoms with Crippen molar-refractivity contribution in [2.75, 3.05) is 11.9 Å². The van der Waals surface area contributed by atoms with Crippen LogP contribution in [-0.2, 0) is 16.1 Å². The largest absolute Gasteiger partial charge is 0.462 e. The van der Waals surface area contributed by atoms with Crippen LogP contribution in [0.3, 0.4) is 0 Å². The number of hydrogen-bond donors (Lipinski definition) is 1. The van der Waals surface area contributed by atoms with Gasteiger partial charge in [-0.1, -0.05) is 42.0 Å². The number of rotatable bonds is 7. The van der Waals surface area contributed by atoms with Gasteiger partial charge in [-0.3, -0.25) is 4.79 Å². The minimum absolute atomic E-state index is 0.0608. The van der Waals surface area contributed by atoms with Crippen molar-refractivity contribution in [1.29, 1.82) is 0 Å². The molecule has 0 aliphatic rings. The van der Waals surface area contributed by atoms with Crippen LogP contribution >= 0.6 is 0 Å². The number of esters is 1. The molecule has 0 aliphatic carbocycles. The van der Waals surface area contributed by atoms with Crippen molar-refractivity contribution in [2.24, 2.45) is 0 Å². The maximum Gasteiger partial charge on any atom is 0.339 e. The molecule has 0 atom stereocenters. The third-order valence-corrected chi connectivity index (χ3v) is 5.65. The lowest BCUT2D eigenvalue weighted by Crippen LogP contribution is -2.16. The van der Waals surface area contributed by atoms with Gasteiger partial charge in [-0.25, -0.2) is 4.79 Å². The van der Waals surface area contributed by atoms with Gasteiger partial charge < -0.3 is 14.6 Å². The Bertz CT molecular complexity index is 1090. The van der Waals surface area contributed by atoms with Gasteiger partial charge in [-0.2, -0.15) is 0 Å². The third-order valence-electron chi connectivity index (χ3n) is 5.65. The van der Waals surface area contributed by atoms with Crippen LogP contribution in [0.5, 0.6) is 0 Å². The van der Waals surface area contributed by atoms with Gasteiger partial charge in [0, 0.05) is 30.0 Å². The maximum atomic E-state index is 12.7. The standard InChI is InChI=1S/C26H30N2O3/c1-6-31-26(30)22-16-24(21-12-10-17(2)11-13-21)28(20(22)5)15-14-25(29)27-23-9-7-8-18(3)19(23)4/h7-13,16H,6,14-15H2,1-5H3,(H,27,29). The SMILES string of the molecule is CCOC(=O)c1cc(-c2ccc(C)cc2)n(CCC(=O)Nc2cccc(C)c2C)c1C. The summed E-state index contributed by atoms with van der Waals surface area (Å²) in [4.78, 5) is 25.1. The third kappa shape index (κ3) is 5.05. The summed E-state index contributed by atoms with van der Waals surface area (Å²) in [5, 5.41) is 3.01. The number of ether oxygens (including phenoxy) is 1. The summed E-state index contributed by atoms with van der Waals surface area (Å²) in [5.41, 5.74) is 7.44. The Kier molecular flexibility index (Phi) is 6.95. The van der Waals surface area contributed by atoms with Crippen LogP contribution in [-0.4, -0.2) is 23.1 Å². The van der Waals surface area contributed by atoms with Crippen molar-refractivity contribution >= 4 is 17.6 Å². The molecule has 0 unspecified atom stereocenters. The first-order valence-corrected chi connectivity index (χ1v) is 10.6. The number of carbonyl (C=O) groups excluding carboxylic acids is 2. The fourth-order valence-electron chi connectivity index (χ4n) is 3.62. The second kappa shape index (κ2) is 9.65. The second-order valence-electron chi connectivity index (χ2n) is 7.81. The predicted octanol–water partition coefficient (Wildman–Crippen LogP) is 5.59. The monoisotopic (exact) mass is 418 g/mol. The van der Waals surface area contributed by atoms with Crippen LogP contribution < -0.4 is 5.32 Å². The fraction of sp³-hybridized carbons (Fsp3) is 0.308. The van der Waals surface area contributed by atoms with E-state index in [9.17, 15) is 9.59 Å². The van der Waals surface area contributed by atoms with Crippen LogP contribution in [0.2, 0.25) is 0 Å². The first-order valence-electron chi connectivity index (χ1n) is 10.6. The van der Waals surface area contributed by atoms with E-state index in [1.54, 1.807) is 6.92 Å². The summed E-state index contributed by atoms with van der Waals surface area (Å²) in [5.74, 6) is -0.402. The average Bonchev–Trinajstić information content (AvgIpc) is 3.07. The Morgan fingerprint density at radius 1 is 1.00 bits per heavy atom. The highest BCUT2D eigenvalue weighted by molar-refractivity contribution is 5.93. The molecule has 1 N–H and O–H groups in total. The maximum absolute atomic E-state index is 12.7. The molecule has 0 saturated heterocycles. The highest BCUT2D eigenvalue weighted by atomic mass is 16.5. The van der Waals surface area contributed by atoms with E-state index in [0.717, 1.165) is 39.3 Å². The summed E-state index contributed by atoms with van der Waals surface area (Å²) in [7, 11) is 0. The van der Waals surface area contributed by atoms with Gasteiger partial charge in [-0.05, 0) is 63.4 Å². The lowest BCUT2D eigenvalue weighted by atomic mass is 10.1. The molecular weight excluding hydrogens is 388 g/mol. The van der Waals surface area contributed by atoms with Crippen LogP contribution in [0.4, 0.5) is 5.69 Å². The Labute approximate surface area is 184 Å². The van der Waals surface area contributed by atoms with Crippen molar-refractivity contribution in [2.45, 2.75) is 47.6 Å². The van der Waals surface area contributed by atoms with E-state index >= 15 is 0 Å². The van der Waals surface area contributed by atoms with Gasteiger partial charge >= 0.3 is 5.97 Å². The zero-order valence-corrected chi connectivity index (χ0v) is 18.9. The van der Waals surface area contributed by atoms with Gasteiger partial charge in [0.15, 0.2) is 0 Å². The van der Waals surface area contributed by atoms with Crippen LogP contribution in [0.15, 0.2) is 48.5 Å². The molecule has 3 aromatic rings. The minimum Gasteiger partial charge on any atom is -0.462 e. The molecule has 1 amide bonds. The number of aryl methyl sites for hydroxylation is 2. The molecule has 0 aliphatic heterocycles. The molecule has 5 heteroatoms. The molecular formula is C26H30N2O3. The molecule has 1 aromatic heterocycles. The van der Waals surface area contributed by atoms with Crippen LogP contribution in [0.1, 0.15) is 46.1 Å². The Balaban J connectivity index is 1.86. The van der Waals surface area contributed by atoms with Gasteiger partial charge in [0.25, 0.3) is 0 Å². The Morgan fingerprint density at radius 3 is 2.39 bits per heavy atom. The lowest BCUT2D eigenvalue weighted by molar-refractivity contribution is -0.116. The predicted molar refractivity (Wildman–Crippen MR) is 124 cm³/mol. The van der Waals surface area contributed by atoms with E-state index in [2.05, 4.69) is 5.32 Å². The van der Waals surface area contributed by atoms with E-state index in [1.165, 1.54) is 0 Å². The molecule has 0 saturated carbocycles. The topological polar surface area (TPSA) is 60.3 Å². The van der Waals surface area contributed by atoms with E-state index in [0.29, 0.717) is 25.1 Å². The van der Waals surface area contributed by atoms with Gasteiger partial charge in [-0.15, -0.1) is 0 Å². The Morgan fingerprint density at radius 2 is 1.71 bits per heavy atom. The van der Waals surface area contributed by atoms with Crippen molar-refractivity contribution in [1.82, 2.24) is 4.57 Å². The summed E-state index contributed by atoms with van der Waals surface area (Å²) >= 11 is 0. The first kappa shape index (κ1) is 22.3. The molecule has 3 rings (SSSR count). The van der Waals surface area contributed by atoms with Crippen molar-refractivity contribution < 1.29 is 14.3 Å². The quantitative estimate of drug-likeness (QED) is 0.509. The number of hydrogen-bond acceptors (Lipinski definition) is 3. The molecule has 31 heavy (non-hydrogen) atoms. The highest BCUT2D eigenvalue weighted by Gasteiger charge is 2.20. The molecule has 0 fully saturated rings. The molecule has 0 radical (unpaired) electrons. The van der Waals surface area contributed by atoms with Gasteiger partial charge in [0.05, 0.1) is 12.2 Å². The minimum atomic E-state index is -0.341. The number of benzene rings is 2. The summed E-state index contributed by atoms with van der Waals surface area (Å²) in [6.07, 6.45) is 0.296. The molecule has 0 bridgehead atoms. The molecule has 5 nitrogen and oxygen atoms in total. The number of amides is 1. The van der Waals surface area contributed by atoms with Crippen LogP contribution in [0, 0.1) is 27.7 Å². The van der Waals surface area contributed by atoms with Gasteiger partial charge in [0.1, 0.15) is 0 Å². The smallest absolute Gasteiger partial charge is 0.339 e. The number of anilines is 1. The van der Waals surface area contributed by atoms with Crippen molar-refractivity contribution in [3.05, 3.63) is 76.5 Å². The van der Waals surface area contributed by atoms with Crippen molar-refractivity contribution in [3.8, 4) is 11.3 Å². The zero-order chi connectivity index (χ0) is 22.5. The van der Waals surface area contributed by atoms with E-state index < -0.39 is 0 Å². The Hall–Kier alpha value is -3.34. The van der Waals surface area contributed by atoms with Gasteiger partial charge in [0.2, 0.25) is 5.91 Å².